The fraction of sp³-hybridized carbons (Fsp3) is 0.286. The first-order valence-corrected chi connectivity index (χ1v) is 5.98. The van der Waals surface area contributed by atoms with E-state index in [1.54, 1.807) is 25.4 Å². The first-order chi connectivity index (χ1) is 8.72. The standard InChI is InChI=1S/C14H16FN3/c1-3-16-14(12-6-7-17-18-9-12)11-4-5-13(15)10(2)8-11/h4-9,14,16H,3H2,1-2H3. The van der Waals surface area contributed by atoms with Crippen LogP contribution in [0.5, 0.6) is 0 Å². The van der Waals surface area contributed by atoms with Crippen molar-refractivity contribution in [2.24, 2.45) is 0 Å². The number of halogens is 1. The van der Waals surface area contributed by atoms with Crippen LogP contribution >= 0.6 is 0 Å². The fourth-order valence-corrected chi connectivity index (χ4v) is 1.95. The molecular weight excluding hydrogens is 229 g/mol. The lowest BCUT2D eigenvalue weighted by Gasteiger charge is -2.18. The van der Waals surface area contributed by atoms with Crippen LogP contribution in [0.3, 0.4) is 0 Å². The third kappa shape index (κ3) is 2.71. The Balaban J connectivity index is 2.38. The summed E-state index contributed by atoms with van der Waals surface area (Å²) >= 11 is 0. The minimum atomic E-state index is -0.179. The van der Waals surface area contributed by atoms with Crippen molar-refractivity contribution in [3.8, 4) is 0 Å². The number of rotatable bonds is 4. The van der Waals surface area contributed by atoms with Crippen molar-refractivity contribution in [2.75, 3.05) is 6.54 Å². The van der Waals surface area contributed by atoms with E-state index >= 15 is 0 Å². The number of hydrogen-bond donors (Lipinski definition) is 1. The molecule has 0 amide bonds. The van der Waals surface area contributed by atoms with Crippen LogP contribution in [0.25, 0.3) is 0 Å². The van der Waals surface area contributed by atoms with Gasteiger partial charge in [0.1, 0.15) is 5.82 Å². The largest absolute Gasteiger partial charge is 0.306 e. The molecule has 0 aliphatic carbocycles. The zero-order valence-corrected chi connectivity index (χ0v) is 10.5. The summed E-state index contributed by atoms with van der Waals surface area (Å²) in [5, 5.41) is 11.0. The lowest BCUT2D eigenvalue weighted by atomic mass is 9.99. The van der Waals surface area contributed by atoms with Crippen molar-refractivity contribution in [1.29, 1.82) is 0 Å². The summed E-state index contributed by atoms with van der Waals surface area (Å²) in [6.45, 7) is 4.63. The van der Waals surface area contributed by atoms with Crippen molar-refractivity contribution in [3.63, 3.8) is 0 Å². The zero-order chi connectivity index (χ0) is 13.0. The Morgan fingerprint density at radius 3 is 2.67 bits per heavy atom. The number of hydrogen-bond acceptors (Lipinski definition) is 3. The average molecular weight is 245 g/mol. The summed E-state index contributed by atoms with van der Waals surface area (Å²) in [6, 6.07) is 7.10. The quantitative estimate of drug-likeness (QED) is 0.899. The Hall–Kier alpha value is -1.81. The highest BCUT2D eigenvalue weighted by Crippen LogP contribution is 2.22. The van der Waals surface area contributed by atoms with Crippen LogP contribution in [0, 0.1) is 12.7 Å². The van der Waals surface area contributed by atoms with Gasteiger partial charge in [-0.25, -0.2) is 4.39 Å². The fourth-order valence-electron chi connectivity index (χ4n) is 1.95. The topological polar surface area (TPSA) is 37.8 Å². The van der Waals surface area contributed by atoms with Crippen LogP contribution in [0.4, 0.5) is 4.39 Å². The molecule has 0 spiro atoms. The number of aryl methyl sites for hydroxylation is 1. The first-order valence-electron chi connectivity index (χ1n) is 5.98. The molecular formula is C14H16FN3. The Labute approximate surface area is 106 Å². The molecule has 0 bridgehead atoms. The minimum Gasteiger partial charge on any atom is -0.306 e. The lowest BCUT2D eigenvalue weighted by Crippen LogP contribution is -2.22. The average Bonchev–Trinajstić information content (AvgIpc) is 2.40. The van der Waals surface area contributed by atoms with E-state index in [2.05, 4.69) is 15.5 Å². The van der Waals surface area contributed by atoms with Crippen LogP contribution in [-0.2, 0) is 0 Å². The Morgan fingerprint density at radius 2 is 2.06 bits per heavy atom. The minimum absolute atomic E-state index is 0.0183. The highest BCUT2D eigenvalue weighted by molar-refractivity contribution is 5.33. The second kappa shape index (κ2) is 5.69. The molecule has 94 valence electrons. The SMILES string of the molecule is CCNC(c1ccnnc1)c1ccc(F)c(C)c1. The third-order valence-electron chi connectivity index (χ3n) is 2.86. The molecule has 1 atom stereocenters. The van der Waals surface area contributed by atoms with Gasteiger partial charge in [-0.15, -0.1) is 0 Å². The predicted molar refractivity (Wildman–Crippen MR) is 68.7 cm³/mol. The summed E-state index contributed by atoms with van der Waals surface area (Å²) in [5.41, 5.74) is 2.71. The molecule has 1 N–H and O–H groups in total. The number of nitrogens with one attached hydrogen (secondary N) is 1. The van der Waals surface area contributed by atoms with Gasteiger partial charge in [-0.1, -0.05) is 19.1 Å². The highest BCUT2D eigenvalue weighted by atomic mass is 19.1. The number of aromatic nitrogens is 2. The maximum atomic E-state index is 13.3. The van der Waals surface area contributed by atoms with Crippen molar-refractivity contribution in [1.82, 2.24) is 15.5 Å². The first kappa shape index (κ1) is 12.6. The molecule has 3 nitrogen and oxygen atoms in total. The number of nitrogens with zero attached hydrogens (tertiary/aromatic N) is 2. The zero-order valence-electron chi connectivity index (χ0n) is 10.5. The van der Waals surface area contributed by atoms with Gasteiger partial charge < -0.3 is 5.32 Å². The van der Waals surface area contributed by atoms with E-state index in [1.165, 1.54) is 6.07 Å². The van der Waals surface area contributed by atoms with E-state index in [1.807, 2.05) is 19.1 Å². The molecule has 1 heterocycles. The van der Waals surface area contributed by atoms with E-state index in [4.69, 9.17) is 0 Å². The van der Waals surface area contributed by atoms with Gasteiger partial charge in [0.2, 0.25) is 0 Å². The second-order valence-corrected chi connectivity index (χ2v) is 4.18. The van der Waals surface area contributed by atoms with Crippen LogP contribution in [0.1, 0.15) is 29.7 Å². The van der Waals surface area contributed by atoms with Crippen LogP contribution < -0.4 is 5.32 Å². The van der Waals surface area contributed by atoms with Gasteiger partial charge in [0.15, 0.2) is 0 Å². The molecule has 4 heteroatoms. The molecule has 2 rings (SSSR count). The molecule has 1 unspecified atom stereocenters. The maximum absolute atomic E-state index is 13.3. The van der Waals surface area contributed by atoms with E-state index in [9.17, 15) is 4.39 Å². The predicted octanol–water partition coefficient (Wildman–Crippen LogP) is 2.62. The van der Waals surface area contributed by atoms with Crippen molar-refractivity contribution in [2.45, 2.75) is 19.9 Å². The normalized spacial score (nSPS) is 12.4. The summed E-state index contributed by atoms with van der Waals surface area (Å²) in [4.78, 5) is 0. The summed E-state index contributed by atoms with van der Waals surface area (Å²) in [7, 11) is 0. The molecule has 0 fully saturated rings. The molecule has 0 saturated heterocycles. The van der Waals surface area contributed by atoms with Crippen molar-refractivity contribution >= 4 is 0 Å². The van der Waals surface area contributed by atoms with E-state index in [0.29, 0.717) is 5.56 Å². The maximum Gasteiger partial charge on any atom is 0.126 e. The van der Waals surface area contributed by atoms with E-state index in [-0.39, 0.29) is 11.9 Å². The second-order valence-electron chi connectivity index (χ2n) is 4.18. The van der Waals surface area contributed by atoms with E-state index < -0.39 is 0 Å². The van der Waals surface area contributed by atoms with Crippen molar-refractivity contribution in [3.05, 3.63) is 59.2 Å². The Morgan fingerprint density at radius 1 is 1.22 bits per heavy atom. The third-order valence-corrected chi connectivity index (χ3v) is 2.86. The Bertz CT molecular complexity index is 514. The summed E-state index contributed by atoms with van der Waals surface area (Å²) in [6.07, 6.45) is 3.39. The molecule has 2 aromatic rings. The lowest BCUT2D eigenvalue weighted by molar-refractivity contribution is 0.605. The van der Waals surface area contributed by atoms with Crippen LogP contribution in [-0.4, -0.2) is 16.7 Å². The van der Waals surface area contributed by atoms with Gasteiger partial charge in [-0.2, -0.15) is 10.2 Å². The van der Waals surface area contributed by atoms with Crippen LogP contribution in [0.2, 0.25) is 0 Å². The van der Waals surface area contributed by atoms with Gasteiger partial charge in [-0.05, 0) is 42.3 Å². The number of benzene rings is 1. The molecule has 0 radical (unpaired) electrons. The van der Waals surface area contributed by atoms with Gasteiger partial charge >= 0.3 is 0 Å². The van der Waals surface area contributed by atoms with Gasteiger partial charge in [-0.3, -0.25) is 0 Å². The monoisotopic (exact) mass is 245 g/mol. The molecule has 18 heavy (non-hydrogen) atoms. The van der Waals surface area contributed by atoms with Gasteiger partial charge in [0.25, 0.3) is 0 Å². The van der Waals surface area contributed by atoms with Crippen LogP contribution in [0.15, 0.2) is 36.7 Å². The summed E-state index contributed by atoms with van der Waals surface area (Å²) < 4.78 is 13.3. The molecule has 1 aromatic carbocycles. The smallest absolute Gasteiger partial charge is 0.126 e. The van der Waals surface area contributed by atoms with Gasteiger partial charge in [0.05, 0.1) is 12.2 Å². The molecule has 0 aliphatic rings. The molecule has 0 aliphatic heterocycles. The van der Waals surface area contributed by atoms with Crippen molar-refractivity contribution < 1.29 is 4.39 Å². The molecule has 1 aromatic heterocycles. The van der Waals surface area contributed by atoms with E-state index in [0.717, 1.165) is 17.7 Å². The van der Waals surface area contributed by atoms with Gasteiger partial charge in [0, 0.05) is 6.20 Å². The summed E-state index contributed by atoms with van der Waals surface area (Å²) in [5.74, 6) is -0.179. The Kier molecular flexibility index (Phi) is 3.99. The molecule has 0 saturated carbocycles. The highest BCUT2D eigenvalue weighted by Gasteiger charge is 2.14.